The first-order chi connectivity index (χ1) is 10.3. The Morgan fingerprint density at radius 2 is 2.23 bits per heavy atom. The van der Waals surface area contributed by atoms with E-state index >= 15 is 0 Å². The molecule has 0 aliphatic rings. The number of alkyl halides is 3. The van der Waals surface area contributed by atoms with Gasteiger partial charge in [-0.3, -0.25) is 4.79 Å². The Morgan fingerprint density at radius 3 is 2.86 bits per heavy atom. The number of carbonyl (C=O) groups excluding carboxylic acids is 1. The molecular formula is C13H13F3N4O2. The van der Waals surface area contributed by atoms with Gasteiger partial charge in [-0.2, -0.15) is 0 Å². The Balaban J connectivity index is 1.97. The summed E-state index contributed by atoms with van der Waals surface area (Å²) in [5.74, 6) is -0.960. The van der Waals surface area contributed by atoms with Crippen molar-refractivity contribution < 1.29 is 22.7 Å². The van der Waals surface area contributed by atoms with Crippen molar-refractivity contribution in [2.24, 2.45) is 5.73 Å². The van der Waals surface area contributed by atoms with E-state index in [0.717, 1.165) is 12.1 Å². The maximum Gasteiger partial charge on any atom is 0.573 e. The first-order valence-corrected chi connectivity index (χ1v) is 6.23. The molecule has 0 aliphatic heterocycles. The van der Waals surface area contributed by atoms with Gasteiger partial charge in [-0.15, -0.1) is 13.2 Å². The third kappa shape index (κ3) is 4.77. The van der Waals surface area contributed by atoms with E-state index < -0.39 is 24.1 Å². The molecule has 118 valence electrons. The number of nitrogens with zero attached hydrogens (tertiary/aromatic N) is 1. The van der Waals surface area contributed by atoms with Crippen molar-refractivity contribution in [2.75, 3.05) is 5.32 Å². The fourth-order valence-electron chi connectivity index (χ4n) is 1.73. The lowest BCUT2D eigenvalue weighted by atomic mass is 10.1. The van der Waals surface area contributed by atoms with Gasteiger partial charge in [0.15, 0.2) is 0 Å². The number of aromatic nitrogens is 2. The molecule has 2 aromatic rings. The standard InChI is InChI=1S/C13H13F3N4O2/c14-13(15,16)22-10-3-1-2-8(4-10)20-12(21)11(17)5-9-6-18-7-19-9/h1-4,6-7,11H,5,17H2,(H,18,19)(H,20,21)/t11-/m1/s1. The van der Waals surface area contributed by atoms with E-state index in [0.29, 0.717) is 5.69 Å². The lowest BCUT2D eigenvalue weighted by Crippen LogP contribution is -2.37. The second-order valence-corrected chi connectivity index (χ2v) is 4.44. The van der Waals surface area contributed by atoms with E-state index in [4.69, 9.17) is 5.73 Å². The van der Waals surface area contributed by atoms with Crippen LogP contribution in [-0.4, -0.2) is 28.3 Å². The van der Waals surface area contributed by atoms with Gasteiger partial charge in [-0.05, 0) is 12.1 Å². The Bertz CT molecular complexity index is 628. The summed E-state index contributed by atoms with van der Waals surface area (Å²) in [6.07, 6.45) is -1.53. The molecule has 0 saturated heterocycles. The normalized spacial score (nSPS) is 12.7. The number of nitrogens with one attached hydrogen (secondary N) is 2. The average Bonchev–Trinajstić information content (AvgIpc) is 2.89. The predicted molar refractivity (Wildman–Crippen MR) is 72.0 cm³/mol. The van der Waals surface area contributed by atoms with Gasteiger partial charge in [-0.1, -0.05) is 6.07 Å². The number of carbonyl (C=O) groups is 1. The summed E-state index contributed by atoms with van der Waals surface area (Å²) in [7, 11) is 0. The van der Waals surface area contributed by atoms with Crippen molar-refractivity contribution in [3.05, 3.63) is 42.5 Å². The van der Waals surface area contributed by atoms with E-state index in [1.54, 1.807) is 6.20 Å². The molecule has 1 aromatic heterocycles. The van der Waals surface area contributed by atoms with Crippen LogP contribution in [0.25, 0.3) is 0 Å². The first-order valence-electron chi connectivity index (χ1n) is 6.23. The highest BCUT2D eigenvalue weighted by Crippen LogP contribution is 2.25. The molecule has 4 N–H and O–H groups in total. The minimum atomic E-state index is -4.79. The fraction of sp³-hybridized carbons (Fsp3) is 0.231. The zero-order chi connectivity index (χ0) is 16.2. The van der Waals surface area contributed by atoms with Crippen molar-refractivity contribution in [3.63, 3.8) is 0 Å². The summed E-state index contributed by atoms with van der Waals surface area (Å²) >= 11 is 0. The topological polar surface area (TPSA) is 93.0 Å². The molecule has 0 fully saturated rings. The summed E-state index contributed by atoms with van der Waals surface area (Å²) in [6.45, 7) is 0. The Hall–Kier alpha value is -2.55. The van der Waals surface area contributed by atoms with E-state index in [2.05, 4.69) is 20.0 Å². The number of rotatable bonds is 5. The molecule has 0 saturated carbocycles. The van der Waals surface area contributed by atoms with Crippen molar-refractivity contribution in [1.29, 1.82) is 0 Å². The van der Waals surface area contributed by atoms with E-state index in [9.17, 15) is 18.0 Å². The lowest BCUT2D eigenvalue weighted by Gasteiger charge is -2.13. The highest BCUT2D eigenvalue weighted by Gasteiger charge is 2.31. The van der Waals surface area contributed by atoms with Crippen molar-refractivity contribution in [1.82, 2.24) is 9.97 Å². The number of aromatic amines is 1. The third-order valence-electron chi connectivity index (χ3n) is 2.66. The molecular weight excluding hydrogens is 301 g/mol. The predicted octanol–water partition coefficient (Wildman–Crippen LogP) is 1.82. The molecule has 6 nitrogen and oxygen atoms in total. The molecule has 0 bridgehead atoms. The molecule has 1 aromatic carbocycles. The number of amides is 1. The number of anilines is 1. The Labute approximate surface area is 123 Å². The second-order valence-electron chi connectivity index (χ2n) is 4.44. The summed E-state index contributed by atoms with van der Waals surface area (Å²) in [5.41, 5.74) is 6.48. The zero-order valence-corrected chi connectivity index (χ0v) is 11.2. The minimum absolute atomic E-state index is 0.157. The molecule has 1 atom stereocenters. The molecule has 0 radical (unpaired) electrons. The highest BCUT2D eigenvalue weighted by atomic mass is 19.4. The van der Waals surface area contributed by atoms with Gasteiger partial charge in [0.05, 0.1) is 18.1 Å². The quantitative estimate of drug-likeness (QED) is 0.785. The van der Waals surface area contributed by atoms with Crippen LogP contribution in [0.4, 0.5) is 18.9 Å². The average molecular weight is 314 g/mol. The molecule has 1 amide bonds. The number of hydrogen-bond donors (Lipinski definition) is 3. The van der Waals surface area contributed by atoms with Crippen LogP contribution < -0.4 is 15.8 Å². The van der Waals surface area contributed by atoms with E-state index in [-0.39, 0.29) is 12.1 Å². The maximum atomic E-state index is 12.1. The number of H-pyrrole nitrogens is 1. The van der Waals surface area contributed by atoms with Gasteiger partial charge in [0.2, 0.25) is 5.91 Å². The largest absolute Gasteiger partial charge is 0.573 e. The van der Waals surface area contributed by atoms with Crippen LogP contribution >= 0.6 is 0 Å². The van der Waals surface area contributed by atoms with Crippen molar-refractivity contribution >= 4 is 11.6 Å². The number of hydrogen-bond acceptors (Lipinski definition) is 4. The van der Waals surface area contributed by atoms with Gasteiger partial charge in [0, 0.05) is 24.4 Å². The van der Waals surface area contributed by atoms with Gasteiger partial charge in [0.1, 0.15) is 5.75 Å². The monoisotopic (exact) mass is 314 g/mol. The minimum Gasteiger partial charge on any atom is -0.406 e. The Kier molecular flexibility index (Phi) is 4.66. The number of ether oxygens (including phenoxy) is 1. The Morgan fingerprint density at radius 1 is 1.45 bits per heavy atom. The number of halogens is 3. The van der Waals surface area contributed by atoms with E-state index in [1.807, 2.05) is 0 Å². The van der Waals surface area contributed by atoms with Crippen LogP contribution in [0.5, 0.6) is 5.75 Å². The zero-order valence-electron chi connectivity index (χ0n) is 11.2. The summed E-state index contributed by atoms with van der Waals surface area (Å²) < 4.78 is 40.2. The number of benzene rings is 1. The molecule has 22 heavy (non-hydrogen) atoms. The van der Waals surface area contributed by atoms with Crippen LogP contribution in [0.1, 0.15) is 5.69 Å². The van der Waals surface area contributed by atoms with E-state index in [1.165, 1.54) is 18.5 Å². The summed E-state index contributed by atoms with van der Waals surface area (Å²) in [6, 6.07) is 4.08. The summed E-state index contributed by atoms with van der Waals surface area (Å²) in [4.78, 5) is 18.6. The molecule has 1 heterocycles. The first kappa shape index (κ1) is 15.8. The number of imidazole rings is 1. The molecule has 0 spiro atoms. The van der Waals surface area contributed by atoms with Gasteiger partial charge in [0.25, 0.3) is 0 Å². The lowest BCUT2D eigenvalue weighted by molar-refractivity contribution is -0.274. The highest BCUT2D eigenvalue weighted by molar-refractivity contribution is 5.94. The second kappa shape index (κ2) is 6.48. The molecule has 9 heteroatoms. The molecule has 0 unspecified atom stereocenters. The van der Waals surface area contributed by atoms with Gasteiger partial charge >= 0.3 is 6.36 Å². The smallest absolute Gasteiger partial charge is 0.406 e. The van der Waals surface area contributed by atoms with Gasteiger partial charge < -0.3 is 20.8 Å². The van der Waals surface area contributed by atoms with Gasteiger partial charge in [-0.25, -0.2) is 4.98 Å². The molecule has 0 aliphatic carbocycles. The molecule has 2 rings (SSSR count). The fourth-order valence-corrected chi connectivity index (χ4v) is 1.73. The maximum absolute atomic E-state index is 12.1. The summed E-state index contributed by atoms with van der Waals surface area (Å²) in [5, 5.41) is 2.43. The van der Waals surface area contributed by atoms with Crippen LogP contribution in [0.3, 0.4) is 0 Å². The van der Waals surface area contributed by atoms with Crippen molar-refractivity contribution in [2.45, 2.75) is 18.8 Å². The number of nitrogens with two attached hydrogens (primary N) is 1. The van der Waals surface area contributed by atoms with Crippen LogP contribution in [0.2, 0.25) is 0 Å². The SMILES string of the molecule is N[C@H](Cc1c[nH]cn1)C(=O)Nc1cccc(OC(F)(F)F)c1. The van der Waals surface area contributed by atoms with Crippen LogP contribution in [0, 0.1) is 0 Å². The van der Waals surface area contributed by atoms with Crippen LogP contribution in [-0.2, 0) is 11.2 Å². The van der Waals surface area contributed by atoms with Crippen LogP contribution in [0.15, 0.2) is 36.8 Å². The third-order valence-corrected chi connectivity index (χ3v) is 2.66. The van der Waals surface area contributed by atoms with Crippen molar-refractivity contribution in [3.8, 4) is 5.75 Å².